The number of esters is 1. The predicted molar refractivity (Wildman–Crippen MR) is 55.0 cm³/mol. The number of rotatable bonds is 2. The fourth-order valence-corrected chi connectivity index (χ4v) is 0.947. The normalized spacial score (nSPS) is 8.86. The molecule has 0 radical (unpaired) electrons. The van der Waals surface area contributed by atoms with Crippen LogP contribution >= 0.6 is 0 Å². The molecule has 0 saturated heterocycles. The molecule has 0 saturated carbocycles. The monoisotopic (exact) mass is 199 g/mol. The van der Waals surface area contributed by atoms with Crippen LogP contribution in [-0.4, -0.2) is 22.9 Å². The largest absolute Gasteiger partial charge is 0.464 e. The zero-order chi connectivity index (χ0) is 11.1. The molecule has 0 spiro atoms. The molecule has 80 valence electrons. The molecule has 5 nitrogen and oxygen atoms in total. The summed E-state index contributed by atoms with van der Waals surface area (Å²) >= 11 is 0. The number of nitrogen functional groups attached to an aromatic ring is 1. The minimum Gasteiger partial charge on any atom is -0.464 e. The molecular weight excluding hydrogens is 182 g/mol. The Morgan fingerprint density at radius 3 is 2.64 bits per heavy atom. The number of nitrogens with two attached hydrogens (primary N) is 1. The maximum absolute atomic E-state index is 11.1. The maximum Gasteiger partial charge on any atom is 0.356 e. The number of hydrogen-bond acceptors (Lipinski definition) is 4. The van der Waals surface area contributed by atoms with Crippen molar-refractivity contribution in [3.8, 4) is 0 Å². The number of aromatic nitrogens is 2. The molecule has 1 aromatic heterocycles. The van der Waals surface area contributed by atoms with Crippen LogP contribution in [0.1, 0.15) is 31.3 Å². The first kappa shape index (κ1) is 12.5. The molecule has 2 N–H and O–H groups in total. The number of carbonyl (C=O) groups is 1. The number of methoxy groups -OCH3 is 1. The molecule has 5 heteroatoms. The number of ether oxygens (including phenoxy) is 1. The molecular formula is C9H17N3O2. The van der Waals surface area contributed by atoms with Crippen LogP contribution in [0.25, 0.3) is 0 Å². The second-order valence-electron chi connectivity index (χ2n) is 2.26. The minimum atomic E-state index is -0.416. The van der Waals surface area contributed by atoms with E-state index in [9.17, 15) is 4.79 Å². The van der Waals surface area contributed by atoms with Gasteiger partial charge in [-0.1, -0.05) is 13.8 Å². The predicted octanol–water partition coefficient (Wildman–Crippen LogP) is 1.30. The summed E-state index contributed by atoms with van der Waals surface area (Å²) in [5.41, 5.74) is 5.79. The smallest absolute Gasteiger partial charge is 0.356 e. The van der Waals surface area contributed by atoms with E-state index >= 15 is 0 Å². The summed E-state index contributed by atoms with van der Waals surface area (Å²) in [5.74, 6) is -0.0849. The van der Waals surface area contributed by atoms with Crippen LogP contribution in [-0.2, 0) is 11.3 Å². The van der Waals surface area contributed by atoms with Crippen LogP contribution in [0, 0.1) is 0 Å². The van der Waals surface area contributed by atoms with Crippen molar-refractivity contribution in [3.63, 3.8) is 0 Å². The molecule has 14 heavy (non-hydrogen) atoms. The highest BCUT2D eigenvalue weighted by Gasteiger charge is 2.12. The zero-order valence-electron chi connectivity index (χ0n) is 9.07. The van der Waals surface area contributed by atoms with Gasteiger partial charge in [-0.3, -0.25) is 4.68 Å². The Morgan fingerprint density at radius 2 is 2.21 bits per heavy atom. The topological polar surface area (TPSA) is 70.1 Å². The Morgan fingerprint density at radius 1 is 1.64 bits per heavy atom. The van der Waals surface area contributed by atoms with Gasteiger partial charge >= 0.3 is 5.97 Å². The average Bonchev–Trinajstić information content (AvgIpc) is 2.61. The highest BCUT2D eigenvalue weighted by molar-refractivity contribution is 5.88. The van der Waals surface area contributed by atoms with Gasteiger partial charge in [0.25, 0.3) is 0 Å². The molecule has 1 heterocycles. The molecule has 1 rings (SSSR count). The van der Waals surface area contributed by atoms with E-state index in [1.807, 2.05) is 20.8 Å². The second kappa shape index (κ2) is 6.01. The first-order valence-corrected chi connectivity index (χ1v) is 4.60. The summed E-state index contributed by atoms with van der Waals surface area (Å²) in [4.78, 5) is 11.1. The quantitative estimate of drug-likeness (QED) is 0.729. The van der Waals surface area contributed by atoms with E-state index < -0.39 is 5.97 Å². The molecule has 0 aliphatic carbocycles. The van der Waals surface area contributed by atoms with Crippen molar-refractivity contribution in [2.45, 2.75) is 27.3 Å². The van der Waals surface area contributed by atoms with Gasteiger partial charge in [-0.25, -0.2) is 4.79 Å². The van der Waals surface area contributed by atoms with Crippen molar-refractivity contribution >= 4 is 11.8 Å². The third-order valence-corrected chi connectivity index (χ3v) is 1.49. The third-order valence-electron chi connectivity index (χ3n) is 1.49. The van der Waals surface area contributed by atoms with Gasteiger partial charge in [0.1, 0.15) is 11.5 Å². The van der Waals surface area contributed by atoms with E-state index in [-0.39, 0.29) is 0 Å². The lowest BCUT2D eigenvalue weighted by Crippen LogP contribution is -2.10. The van der Waals surface area contributed by atoms with Gasteiger partial charge in [-0.2, -0.15) is 5.10 Å². The van der Waals surface area contributed by atoms with Crippen LogP contribution in [0.15, 0.2) is 6.07 Å². The first-order chi connectivity index (χ1) is 6.69. The Hall–Kier alpha value is -1.52. The fraction of sp³-hybridized carbons (Fsp3) is 0.556. The molecule has 0 aliphatic heterocycles. The van der Waals surface area contributed by atoms with E-state index in [0.717, 1.165) is 0 Å². The fourth-order valence-electron chi connectivity index (χ4n) is 0.947. The van der Waals surface area contributed by atoms with E-state index in [2.05, 4.69) is 9.84 Å². The number of carbonyl (C=O) groups excluding carboxylic acids is 1. The molecule has 0 fully saturated rings. The van der Waals surface area contributed by atoms with Crippen molar-refractivity contribution in [1.82, 2.24) is 9.78 Å². The van der Waals surface area contributed by atoms with Gasteiger partial charge in [0.05, 0.1) is 7.11 Å². The molecule has 0 unspecified atom stereocenters. The van der Waals surface area contributed by atoms with Gasteiger partial charge in [-0.15, -0.1) is 0 Å². The minimum absolute atomic E-state index is 0.331. The molecule has 0 aromatic carbocycles. The van der Waals surface area contributed by atoms with E-state index in [0.29, 0.717) is 18.1 Å². The Balaban J connectivity index is 0.000000791. The third kappa shape index (κ3) is 2.76. The average molecular weight is 199 g/mol. The van der Waals surface area contributed by atoms with Gasteiger partial charge < -0.3 is 10.5 Å². The number of aryl methyl sites for hydroxylation is 1. The van der Waals surface area contributed by atoms with Crippen LogP contribution < -0.4 is 5.73 Å². The zero-order valence-corrected chi connectivity index (χ0v) is 9.07. The van der Waals surface area contributed by atoms with Crippen molar-refractivity contribution in [1.29, 1.82) is 0 Å². The molecule has 1 aromatic rings. The van der Waals surface area contributed by atoms with E-state index in [1.165, 1.54) is 17.9 Å². The molecule has 0 aliphatic rings. The summed E-state index contributed by atoms with van der Waals surface area (Å²) in [7, 11) is 1.32. The molecule has 0 bridgehead atoms. The Kier molecular flexibility index (Phi) is 5.36. The van der Waals surface area contributed by atoms with E-state index in [1.54, 1.807) is 0 Å². The SMILES string of the molecule is CC.CCn1nc(N)cc1C(=O)OC. The van der Waals surface area contributed by atoms with Crippen LogP contribution in [0.5, 0.6) is 0 Å². The lowest BCUT2D eigenvalue weighted by molar-refractivity contribution is 0.0587. The first-order valence-electron chi connectivity index (χ1n) is 4.60. The van der Waals surface area contributed by atoms with Crippen LogP contribution in [0.3, 0.4) is 0 Å². The van der Waals surface area contributed by atoms with Crippen molar-refractivity contribution < 1.29 is 9.53 Å². The molecule has 0 atom stereocenters. The summed E-state index contributed by atoms with van der Waals surface area (Å²) < 4.78 is 6.04. The number of hydrogen-bond donors (Lipinski definition) is 1. The lowest BCUT2D eigenvalue weighted by atomic mass is 10.4. The Labute approximate surface area is 83.8 Å². The highest BCUT2D eigenvalue weighted by atomic mass is 16.5. The number of nitrogens with zero attached hydrogens (tertiary/aromatic N) is 2. The van der Waals surface area contributed by atoms with Crippen LogP contribution in [0.2, 0.25) is 0 Å². The number of anilines is 1. The summed E-state index contributed by atoms with van der Waals surface area (Å²) in [5, 5.41) is 3.89. The standard InChI is InChI=1S/C7H11N3O2.C2H6/c1-3-10-5(7(11)12-2)4-6(8)9-10;1-2/h4H,3H2,1-2H3,(H2,8,9);1-2H3. The lowest BCUT2D eigenvalue weighted by Gasteiger charge is -2.00. The maximum atomic E-state index is 11.1. The van der Waals surface area contributed by atoms with Crippen molar-refractivity contribution in [3.05, 3.63) is 11.8 Å². The Bertz CT molecular complexity index is 294. The van der Waals surface area contributed by atoms with Gasteiger partial charge in [0, 0.05) is 12.6 Å². The van der Waals surface area contributed by atoms with Gasteiger partial charge in [-0.05, 0) is 6.92 Å². The summed E-state index contributed by atoms with van der Waals surface area (Å²) in [6.07, 6.45) is 0. The second-order valence-corrected chi connectivity index (χ2v) is 2.26. The van der Waals surface area contributed by atoms with E-state index in [4.69, 9.17) is 5.73 Å². The van der Waals surface area contributed by atoms with Crippen molar-refractivity contribution in [2.75, 3.05) is 12.8 Å². The van der Waals surface area contributed by atoms with Gasteiger partial charge in [0.15, 0.2) is 0 Å². The summed E-state index contributed by atoms with van der Waals surface area (Å²) in [6.45, 7) is 6.47. The van der Waals surface area contributed by atoms with Crippen LogP contribution in [0.4, 0.5) is 5.82 Å². The van der Waals surface area contributed by atoms with Crippen molar-refractivity contribution in [2.24, 2.45) is 0 Å². The molecule has 0 amide bonds. The highest BCUT2D eigenvalue weighted by Crippen LogP contribution is 2.06. The van der Waals surface area contributed by atoms with Gasteiger partial charge in [0.2, 0.25) is 0 Å². The summed E-state index contributed by atoms with van der Waals surface area (Å²) in [6, 6.07) is 1.50.